The number of halogens is 1. The van der Waals surface area contributed by atoms with Crippen LogP contribution in [-0.4, -0.2) is 20.5 Å². The Kier molecular flexibility index (Phi) is 2.74. The number of hydrogen-bond acceptors (Lipinski definition) is 1. The minimum Gasteiger partial charge on any atom is -0.236 e. The third kappa shape index (κ3) is 2.08. The van der Waals surface area contributed by atoms with Crippen molar-refractivity contribution in [1.29, 1.82) is 0 Å². The van der Waals surface area contributed by atoms with Gasteiger partial charge < -0.3 is 0 Å². The lowest BCUT2D eigenvalue weighted by molar-refractivity contribution is -0.115. The average molecular weight is 199 g/mol. The zero-order valence-corrected chi connectivity index (χ0v) is 8.80. The van der Waals surface area contributed by atoms with E-state index in [9.17, 15) is 4.79 Å². The Morgan fingerprint density at radius 3 is 2.46 bits per heavy atom. The first-order valence-electron chi connectivity index (χ1n) is 4.04. The Morgan fingerprint density at radius 2 is 2.00 bits per heavy atom. The molecule has 1 aromatic rings. The Balaban J connectivity index is 3.23. The van der Waals surface area contributed by atoms with Crippen LogP contribution in [0, 0.1) is 6.92 Å². The first-order valence-corrected chi connectivity index (χ1v) is 4.42. The van der Waals surface area contributed by atoms with Gasteiger partial charge in [-0.3, -0.25) is 0 Å². The van der Waals surface area contributed by atoms with Gasteiger partial charge in [-0.15, -0.1) is 0 Å². The SMILES string of the molecule is Cc1cc(Cl)ccc1[N+](C)(C)C=O. The van der Waals surface area contributed by atoms with Crippen LogP contribution >= 0.6 is 11.6 Å². The molecule has 0 spiro atoms. The van der Waals surface area contributed by atoms with Gasteiger partial charge in [-0.1, -0.05) is 11.6 Å². The maximum atomic E-state index is 10.8. The molecule has 3 heteroatoms. The van der Waals surface area contributed by atoms with E-state index >= 15 is 0 Å². The highest BCUT2D eigenvalue weighted by Crippen LogP contribution is 2.25. The molecule has 0 aliphatic heterocycles. The topological polar surface area (TPSA) is 17.1 Å². The van der Waals surface area contributed by atoms with E-state index in [1.54, 1.807) is 6.07 Å². The number of hydrogen-bond donors (Lipinski definition) is 0. The maximum Gasteiger partial charge on any atom is 0.306 e. The lowest BCUT2D eigenvalue weighted by Gasteiger charge is -2.22. The molecule has 13 heavy (non-hydrogen) atoms. The van der Waals surface area contributed by atoms with Gasteiger partial charge in [0.2, 0.25) is 0 Å². The second-order valence-corrected chi connectivity index (χ2v) is 4.01. The molecular weight excluding hydrogens is 186 g/mol. The fourth-order valence-corrected chi connectivity index (χ4v) is 1.55. The highest BCUT2D eigenvalue weighted by atomic mass is 35.5. The zero-order valence-electron chi connectivity index (χ0n) is 8.04. The summed E-state index contributed by atoms with van der Waals surface area (Å²) in [6.07, 6.45) is 0.899. The molecule has 0 aliphatic carbocycles. The van der Waals surface area contributed by atoms with E-state index in [0.29, 0.717) is 5.02 Å². The van der Waals surface area contributed by atoms with E-state index in [1.165, 1.54) is 0 Å². The van der Waals surface area contributed by atoms with Gasteiger partial charge in [-0.05, 0) is 19.1 Å². The number of carbonyl (C=O) groups is 1. The molecule has 0 heterocycles. The van der Waals surface area contributed by atoms with Crippen molar-refractivity contribution >= 4 is 23.7 Å². The van der Waals surface area contributed by atoms with Crippen LogP contribution in [0.3, 0.4) is 0 Å². The van der Waals surface area contributed by atoms with Gasteiger partial charge in [0.25, 0.3) is 0 Å². The predicted molar refractivity (Wildman–Crippen MR) is 55.9 cm³/mol. The molecule has 0 unspecified atom stereocenters. The van der Waals surface area contributed by atoms with Crippen molar-refractivity contribution in [2.24, 2.45) is 0 Å². The van der Waals surface area contributed by atoms with E-state index in [2.05, 4.69) is 0 Å². The van der Waals surface area contributed by atoms with Gasteiger partial charge in [0.1, 0.15) is 5.69 Å². The first-order chi connectivity index (χ1) is 5.97. The number of nitrogens with zero attached hydrogens (tertiary/aromatic N) is 1. The van der Waals surface area contributed by atoms with Gasteiger partial charge in [-0.2, -0.15) is 0 Å². The molecule has 1 rings (SSSR count). The van der Waals surface area contributed by atoms with Gasteiger partial charge in [0.15, 0.2) is 0 Å². The third-order valence-electron chi connectivity index (χ3n) is 2.04. The summed E-state index contributed by atoms with van der Waals surface area (Å²) in [7, 11) is 3.67. The van der Waals surface area contributed by atoms with Crippen molar-refractivity contribution < 1.29 is 4.79 Å². The van der Waals surface area contributed by atoms with E-state index in [0.717, 1.165) is 17.7 Å². The molecule has 0 aromatic heterocycles. The zero-order chi connectivity index (χ0) is 10.1. The van der Waals surface area contributed by atoms with E-state index in [-0.39, 0.29) is 4.48 Å². The summed E-state index contributed by atoms with van der Waals surface area (Å²) < 4.78 is 0.225. The Bertz CT molecular complexity index is 334. The standard InChI is InChI=1S/C10H13ClNO/c1-8-6-9(11)4-5-10(8)12(2,3)7-13/h4-7H,1-3H3/q+1. The number of carbonyl (C=O) groups excluding carboxylic acids is 1. The molecule has 0 atom stereocenters. The second-order valence-electron chi connectivity index (χ2n) is 3.58. The van der Waals surface area contributed by atoms with Crippen molar-refractivity contribution in [2.75, 3.05) is 14.1 Å². The van der Waals surface area contributed by atoms with Crippen molar-refractivity contribution in [3.63, 3.8) is 0 Å². The molecule has 1 aromatic carbocycles. The molecule has 70 valence electrons. The number of amides is 1. The minimum atomic E-state index is 0.225. The summed E-state index contributed by atoms with van der Waals surface area (Å²) in [6.45, 7) is 1.95. The van der Waals surface area contributed by atoms with Crippen LogP contribution in [0.5, 0.6) is 0 Å². The summed E-state index contributed by atoms with van der Waals surface area (Å²) >= 11 is 5.81. The van der Waals surface area contributed by atoms with E-state index in [4.69, 9.17) is 11.6 Å². The molecule has 0 saturated carbocycles. The van der Waals surface area contributed by atoms with Crippen LogP contribution < -0.4 is 4.48 Å². The average Bonchev–Trinajstić information content (AvgIpc) is 2.03. The predicted octanol–water partition coefficient (Wildman–Crippen LogP) is 2.37. The summed E-state index contributed by atoms with van der Waals surface area (Å²) in [5, 5.41) is 0.701. The van der Waals surface area contributed by atoms with Crippen molar-refractivity contribution in [3.8, 4) is 0 Å². The fourth-order valence-electron chi connectivity index (χ4n) is 1.32. The number of aryl methyl sites for hydroxylation is 1. The molecule has 0 saturated heterocycles. The van der Waals surface area contributed by atoms with Crippen molar-refractivity contribution in [3.05, 3.63) is 28.8 Å². The number of quaternary nitrogens is 1. The summed E-state index contributed by atoms with van der Waals surface area (Å²) in [5.41, 5.74) is 2.00. The summed E-state index contributed by atoms with van der Waals surface area (Å²) in [5.74, 6) is 0. The third-order valence-corrected chi connectivity index (χ3v) is 2.28. The van der Waals surface area contributed by atoms with Crippen molar-refractivity contribution in [1.82, 2.24) is 4.48 Å². The monoisotopic (exact) mass is 198 g/mol. The van der Waals surface area contributed by atoms with Crippen LogP contribution in [0.1, 0.15) is 5.56 Å². The largest absolute Gasteiger partial charge is 0.306 e. The highest BCUT2D eigenvalue weighted by Gasteiger charge is 2.20. The van der Waals surface area contributed by atoms with Crippen LogP contribution in [-0.2, 0) is 4.79 Å². The van der Waals surface area contributed by atoms with Crippen LogP contribution in [0.15, 0.2) is 18.2 Å². The molecule has 0 bridgehead atoms. The molecule has 0 radical (unpaired) electrons. The summed E-state index contributed by atoms with van der Waals surface area (Å²) in [4.78, 5) is 10.8. The quantitative estimate of drug-likeness (QED) is 0.527. The van der Waals surface area contributed by atoms with Gasteiger partial charge in [-0.25, -0.2) is 9.28 Å². The minimum absolute atomic E-state index is 0.225. The molecule has 0 N–H and O–H groups in total. The molecule has 1 amide bonds. The van der Waals surface area contributed by atoms with Gasteiger partial charge >= 0.3 is 6.41 Å². The van der Waals surface area contributed by atoms with E-state index in [1.807, 2.05) is 33.2 Å². The molecule has 0 aliphatic rings. The normalized spacial score (nSPS) is 11.4. The van der Waals surface area contributed by atoms with E-state index < -0.39 is 0 Å². The van der Waals surface area contributed by atoms with Gasteiger partial charge in [0, 0.05) is 16.7 Å². The van der Waals surface area contributed by atoms with Crippen LogP contribution in [0.25, 0.3) is 0 Å². The number of rotatable bonds is 2. The Morgan fingerprint density at radius 1 is 1.38 bits per heavy atom. The lowest BCUT2D eigenvalue weighted by Crippen LogP contribution is -2.39. The lowest BCUT2D eigenvalue weighted by atomic mass is 10.2. The van der Waals surface area contributed by atoms with Crippen molar-refractivity contribution in [2.45, 2.75) is 6.92 Å². The van der Waals surface area contributed by atoms with Crippen LogP contribution in [0.4, 0.5) is 5.69 Å². The Labute approximate surface area is 83.3 Å². The second kappa shape index (κ2) is 3.48. The summed E-state index contributed by atoms with van der Waals surface area (Å²) in [6, 6.07) is 5.54. The molecular formula is C10H13ClNO+. The number of benzene rings is 1. The highest BCUT2D eigenvalue weighted by molar-refractivity contribution is 6.30. The van der Waals surface area contributed by atoms with Crippen LogP contribution in [0.2, 0.25) is 5.02 Å². The molecule has 2 nitrogen and oxygen atoms in total. The fraction of sp³-hybridized carbons (Fsp3) is 0.300. The maximum absolute atomic E-state index is 10.8. The molecule has 0 fully saturated rings. The Hall–Kier alpha value is -0.860. The smallest absolute Gasteiger partial charge is 0.236 e. The first kappa shape index (κ1) is 10.2. The van der Waals surface area contributed by atoms with Gasteiger partial charge in [0.05, 0.1) is 14.1 Å².